The van der Waals surface area contributed by atoms with Crippen molar-refractivity contribution in [2.45, 2.75) is 25.8 Å². The molecule has 0 spiro atoms. The molecule has 0 amide bonds. The molecule has 1 aliphatic heterocycles. The predicted octanol–water partition coefficient (Wildman–Crippen LogP) is 0.882. The van der Waals surface area contributed by atoms with E-state index in [1.165, 1.54) is 6.42 Å². The number of H-pyrrole nitrogens is 1. The van der Waals surface area contributed by atoms with Gasteiger partial charge in [-0.15, -0.1) is 0 Å². The van der Waals surface area contributed by atoms with E-state index < -0.39 is 0 Å². The summed E-state index contributed by atoms with van der Waals surface area (Å²) in [4.78, 5) is 4.23. The van der Waals surface area contributed by atoms with E-state index in [1.54, 1.807) is 6.33 Å². The van der Waals surface area contributed by atoms with Crippen molar-refractivity contribution in [1.82, 2.24) is 20.5 Å². The zero-order valence-corrected chi connectivity index (χ0v) is 9.07. The number of hydrogen-bond donors (Lipinski definition) is 2. The van der Waals surface area contributed by atoms with Gasteiger partial charge in [0.15, 0.2) is 0 Å². The monoisotopic (exact) mass is 210 g/mol. The highest BCUT2D eigenvalue weighted by molar-refractivity contribution is 4.95. The van der Waals surface area contributed by atoms with Crippen LogP contribution in [0.1, 0.15) is 31.6 Å². The molecule has 2 atom stereocenters. The molecule has 84 valence electrons. The molecule has 1 fully saturated rings. The highest BCUT2D eigenvalue weighted by atomic mass is 16.5. The average Bonchev–Trinajstić information content (AvgIpc) is 2.80. The summed E-state index contributed by atoms with van der Waals surface area (Å²) in [5, 5.41) is 10.3. The molecule has 5 heteroatoms. The van der Waals surface area contributed by atoms with Crippen LogP contribution < -0.4 is 5.32 Å². The average molecular weight is 210 g/mol. The van der Waals surface area contributed by atoms with Gasteiger partial charge < -0.3 is 10.1 Å². The standard InChI is InChI=1S/C10H18N4O/c1-2-11-9(10-12-7-13-14-10)8-4-3-5-15-6-8/h7-9,11H,2-6H2,1H3,(H,12,13,14). The SMILES string of the molecule is CCNC(c1ncn[nH]1)C1CCCOC1. The molecule has 1 saturated heterocycles. The fraction of sp³-hybridized carbons (Fsp3) is 0.800. The number of rotatable bonds is 4. The molecule has 2 N–H and O–H groups in total. The molecule has 5 nitrogen and oxygen atoms in total. The zero-order valence-electron chi connectivity index (χ0n) is 9.07. The van der Waals surface area contributed by atoms with Crippen LogP contribution in [-0.4, -0.2) is 34.9 Å². The molecule has 1 aromatic rings. The molecule has 0 bridgehead atoms. The van der Waals surface area contributed by atoms with Crippen LogP contribution in [0.4, 0.5) is 0 Å². The lowest BCUT2D eigenvalue weighted by Gasteiger charge is -2.29. The van der Waals surface area contributed by atoms with Gasteiger partial charge in [0.05, 0.1) is 12.6 Å². The molecule has 0 aliphatic carbocycles. The number of aromatic amines is 1. The quantitative estimate of drug-likeness (QED) is 0.774. The lowest BCUT2D eigenvalue weighted by molar-refractivity contribution is 0.0380. The summed E-state index contributed by atoms with van der Waals surface area (Å²) in [7, 11) is 0. The Labute approximate surface area is 89.6 Å². The number of nitrogens with zero attached hydrogens (tertiary/aromatic N) is 2. The fourth-order valence-corrected chi connectivity index (χ4v) is 2.10. The van der Waals surface area contributed by atoms with Crippen molar-refractivity contribution in [3.05, 3.63) is 12.2 Å². The maximum Gasteiger partial charge on any atom is 0.141 e. The second-order valence-corrected chi connectivity index (χ2v) is 3.88. The minimum atomic E-state index is 0.248. The Hall–Kier alpha value is -0.940. The van der Waals surface area contributed by atoms with Crippen LogP contribution in [-0.2, 0) is 4.74 Å². The number of nitrogens with one attached hydrogen (secondary N) is 2. The topological polar surface area (TPSA) is 62.8 Å². The summed E-state index contributed by atoms with van der Waals surface area (Å²) in [5.74, 6) is 1.43. The Morgan fingerprint density at radius 2 is 2.67 bits per heavy atom. The molecular weight excluding hydrogens is 192 g/mol. The molecule has 0 aromatic carbocycles. The molecule has 0 radical (unpaired) electrons. The highest BCUT2D eigenvalue weighted by Crippen LogP contribution is 2.26. The van der Waals surface area contributed by atoms with Gasteiger partial charge in [-0.05, 0) is 19.4 Å². The van der Waals surface area contributed by atoms with Gasteiger partial charge in [0.25, 0.3) is 0 Å². The van der Waals surface area contributed by atoms with Gasteiger partial charge in [-0.25, -0.2) is 4.98 Å². The second kappa shape index (κ2) is 5.23. The van der Waals surface area contributed by atoms with Crippen LogP contribution in [0.25, 0.3) is 0 Å². The minimum absolute atomic E-state index is 0.248. The maximum atomic E-state index is 5.51. The van der Waals surface area contributed by atoms with Crippen LogP contribution in [0, 0.1) is 5.92 Å². The van der Waals surface area contributed by atoms with E-state index in [0.717, 1.165) is 32.0 Å². The van der Waals surface area contributed by atoms with Crippen LogP contribution >= 0.6 is 0 Å². The van der Waals surface area contributed by atoms with Crippen molar-refractivity contribution in [2.75, 3.05) is 19.8 Å². The third-order valence-electron chi connectivity index (χ3n) is 2.82. The summed E-state index contributed by atoms with van der Waals surface area (Å²) in [6.45, 7) is 4.75. The van der Waals surface area contributed by atoms with Crippen molar-refractivity contribution in [1.29, 1.82) is 0 Å². The molecule has 1 aromatic heterocycles. The van der Waals surface area contributed by atoms with Crippen LogP contribution in [0.15, 0.2) is 6.33 Å². The van der Waals surface area contributed by atoms with E-state index in [0.29, 0.717) is 5.92 Å². The van der Waals surface area contributed by atoms with E-state index in [2.05, 4.69) is 27.4 Å². The molecule has 0 saturated carbocycles. The first-order chi connectivity index (χ1) is 7.42. The molecule has 1 aliphatic rings. The second-order valence-electron chi connectivity index (χ2n) is 3.88. The summed E-state index contributed by atoms with van der Waals surface area (Å²) in [6.07, 6.45) is 3.89. The normalized spacial score (nSPS) is 23.9. The van der Waals surface area contributed by atoms with Crippen molar-refractivity contribution in [3.8, 4) is 0 Å². The zero-order chi connectivity index (χ0) is 10.5. The molecule has 2 rings (SSSR count). The largest absolute Gasteiger partial charge is 0.381 e. The van der Waals surface area contributed by atoms with Crippen molar-refractivity contribution < 1.29 is 4.74 Å². The number of hydrogen-bond acceptors (Lipinski definition) is 4. The van der Waals surface area contributed by atoms with Gasteiger partial charge in [-0.3, -0.25) is 5.10 Å². The Bertz CT molecular complexity index is 269. The van der Waals surface area contributed by atoms with Crippen LogP contribution in [0.3, 0.4) is 0 Å². The van der Waals surface area contributed by atoms with Crippen molar-refractivity contribution in [3.63, 3.8) is 0 Å². The number of aromatic nitrogens is 3. The first kappa shape index (κ1) is 10.6. The molecular formula is C10H18N4O. The van der Waals surface area contributed by atoms with Gasteiger partial charge >= 0.3 is 0 Å². The third kappa shape index (κ3) is 2.54. The Balaban J connectivity index is 2.04. The summed E-state index contributed by atoms with van der Waals surface area (Å²) >= 11 is 0. The molecule has 2 heterocycles. The van der Waals surface area contributed by atoms with Crippen molar-refractivity contribution in [2.24, 2.45) is 5.92 Å². The molecule has 15 heavy (non-hydrogen) atoms. The minimum Gasteiger partial charge on any atom is -0.381 e. The third-order valence-corrected chi connectivity index (χ3v) is 2.82. The van der Waals surface area contributed by atoms with Crippen LogP contribution in [0.5, 0.6) is 0 Å². The van der Waals surface area contributed by atoms with Gasteiger partial charge in [-0.2, -0.15) is 5.10 Å². The van der Waals surface area contributed by atoms with Gasteiger partial charge in [0, 0.05) is 12.5 Å². The summed E-state index contributed by atoms with van der Waals surface area (Å²) in [6, 6.07) is 0.248. The maximum absolute atomic E-state index is 5.51. The predicted molar refractivity (Wildman–Crippen MR) is 56.3 cm³/mol. The first-order valence-corrected chi connectivity index (χ1v) is 5.58. The number of ether oxygens (including phenoxy) is 1. The van der Waals surface area contributed by atoms with E-state index >= 15 is 0 Å². The van der Waals surface area contributed by atoms with Gasteiger partial charge in [-0.1, -0.05) is 6.92 Å². The summed E-state index contributed by atoms with van der Waals surface area (Å²) in [5.41, 5.74) is 0. The van der Waals surface area contributed by atoms with Gasteiger partial charge in [0.2, 0.25) is 0 Å². The van der Waals surface area contributed by atoms with Crippen LogP contribution in [0.2, 0.25) is 0 Å². The molecule has 2 unspecified atom stereocenters. The lowest BCUT2D eigenvalue weighted by Crippen LogP contribution is -2.34. The lowest BCUT2D eigenvalue weighted by atomic mass is 9.93. The van der Waals surface area contributed by atoms with E-state index in [-0.39, 0.29) is 6.04 Å². The summed E-state index contributed by atoms with van der Waals surface area (Å²) < 4.78 is 5.51. The Morgan fingerprint density at radius 3 is 3.27 bits per heavy atom. The first-order valence-electron chi connectivity index (χ1n) is 5.58. The van der Waals surface area contributed by atoms with Crippen molar-refractivity contribution >= 4 is 0 Å². The Kier molecular flexibility index (Phi) is 3.69. The Morgan fingerprint density at radius 1 is 1.73 bits per heavy atom. The highest BCUT2D eigenvalue weighted by Gasteiger charge is 2.26. The van der Waals surface area contributed by atoms with E-state index in [9.17, 15) is 0 Å². The fourth-order valence-electron chi connectivity index (χ4n) is 2.10. The van der Waals surface area contributed by atoms with E-state index in [4.69, 9.17) is 4.74 Å². The van der Waals surface area contributed by atoms with Gasteiger partial charge in [0.1, 0.15) is 12.2 Å². The smallest absolute Gasteiger partial charge is 0.141 e. The van der Waals surface area contributed by atoms with E-state index in [1.807, 2.05) is 0 Å².